The van der Waals surface area contributed by atoms with Crippen LogP contribution in [-0.4, -0.2) is 57.1 Å². The lowest BCUT2D eigenvalue weighted by molar-refractivity contribution is -0.144. The fraction of sp³-hybridized carbons (Fsp3) is 0.355. The number of carbonyl (C=O) groups excluding carboxylic acids is 3. The fourth-order valence-electron chi connectivity index (χ4n) is 3.95. The summed E-state index contributed by atoms with van der Waals surface area (Å²) < 4.78 is 11.9. The summed E-state index contributed by atoms with van der Waals surface area (Å²) in [4.78, 5) is 37.9. The van der Waals surface area contributed by atoms with Crippen LogP contribution >= 0.6 is 0 Å². The minimum Gasteiger partial charge on any atom is -0.467 e. The number of methoxy groups -OCH3 is 1. The summed E-state index contributed by atoms with van der Waals surface area (Å²) in [6.45, 7) is 8.23. The van der Waals surface area contributed by atoms with Crippen molar-refractivity contribution in [3.63, 3.8) is 0 Å². The van der Waals surface area contributed by atoms with Crippen molar-refractivity contribution in [1.29, 1.82) is 0 Å². The van der Waals surface area contributed by atoms with Crippen LogP contribution in [0.25, 0.3) is 11.3 Å². The average Bonchev–Trinajstić information content (AvgIpc) is 3.29. The van der Waals surface area contributed by atoms with E-state index in [9.17, 15) is 19.5 Å². The van der Waals surface area contributed by atoms with Crippen LogP contribution in [-0.2, 0) is 27.9 Å². The molecule has 0 saturated heterocycles. The zero-order valence-electron chi connectivity index (χ0n) is 24.4. The normalized spacial score (nSPS) is 12.0. The maximum absolute atomic E-state index is 13.0. The molecule has 3 rings (SSSR count). The number of nitrogens with one attached hydrogen (secondary N) is 2. The van der Waals surface area contributed by atoms with E-state index in [0.29, 0.717) is 16.8 Å². The number of benzene rings is 2. The molecule has 0 aliphatic heterocycles. The molecule has 3 N–H and O–H groups in total. The lowest BCUT2D eigenvalue weighted by Gasteiger charge is -2.34. The first-order chi connectivity index (χ1) is 19.2. The van der Waals surface area contributed by atoms with E-state index in [1.165, 1.54) is 7.11 Å². The lowest BCUT2D eigenvalue weighted by Crippen LogP contribution is -2.62. The topological polar surface area (TPSA) is 132 Å². The third-order valence-corrected chi connectivity index (χ3v) is 6.03. The zero-order chi connectivity index (χ0) is 30.4. The van der Waals surface area contributed by atoms with Gasteiger partial charge in [-0.05, 0) is 82.6 Å². The van der Waals surface area contributed by atoms with Crippen LogP contribution in [0, 0.1) is 11.8 Å². The van der Waals surface area contributed by atoms with Gasteiger partial charge in [-0.1, -0.05) is 24.0 Å². The van der Waals surface area contributed by atoms with Gasteiger partial charge in [-0.25, -0.2) is 9.59 Å². The number of aliphatic hydroxyl groups excluding tert-OH is 1. The Kier molecular flexibility index (Phi) is 9.58. The molecule has 0 bridgehead atoms. The number of ether oxygens (including phenoxy) is 2. The molecule has 0 aliphatic carbocycles. The molecule has 10 nitrogen and oxygen atoms in total. The minimum absolute atomic E-state index is 0.118. The van der Waals surface area contributed by atoms with Gasteiger partial charge in [0.05, 0.1) is 30.6 Å². The number of hydrogen-bond acceptors (Lipinski definition) is 7. The Morgan fingerprint density at radius 3 is 2.02 bits per heavy atom. The lowest BCUT2D eigenvalue weighted by atomic mass is 9.94. The summed E-state index contributed by atoms with van der Waals surface area (Å²) in [5.74, 6) is 4.94. The molecule has 216 valence electrons. The molecule has 0 aliphatic rings. The number of aryl methyl sites for hydroxylation is 1. The number of nitrogens with zero attached hydrogens (tertiary/aromatic N) is 2. The number of rotatable bonds is 7. The summed E-state index contributed by atoms with van der Waals surface area (Å²) >= 11 is 0. The molecule has 0 spiro atoms. The van der Waals surface area contributed by atoms with Crippen molar-refractivity contribution in [2.45, 2.75) is 58.4 Å². The monoisotopic (exact) mass is 560 g/mol. The van der Waals surface area contributed by atoms with Crippen LogP contribution in [0.1, 0.15) is 61.8 Å². The second-order valence-electron chi connectivity index (χ2n) is 11.0. The van der Waals surface area contributed by atoms with Crippen LogP contribution in [0.3, 0.4) is 0 Å². The number of aliphatic hydroxyl groups is 1. The summed E-state index contributed by atoms with van der Waals surface area (Å²) in [5, 5.41) is 18.8. The predicted octanol–water partition coefficient (Wildman–Crippen LogP) is 3.55. The van der Waals surface area contributed by atoms with Crippen LogP contribution in [0.4, 0.5) is 4.79 Å². The standard InChI is InChI=1S/C31H36N4O6/c1-30(2,3)41-29(39)33-31(4,5)26(28(38)40-7)32-27(37)23-16-12-21(13-17-23)9-8-20-10-14-22(15-11-20)25-18-24(19-36)34-35(25)6/h10-18,26,36H,19H2,1-7H3,(H,32,37)(H,33,39)/t26-/m1/s1. The number of esters is 1. The number of aromatic nitrogens is 2. The number of carbonyl (C=O) groups is 3. The Morgan fingerprint density at radius 2 is 1.54 bits per heavy atom. The van der Waals surface area contributed by atoms with Crippen LogP contribution in [0.5, 0.6) is 0 Å². The van der Waals surface area contributed by atoms with Gasteiger partial charge in [-0.2, -0.15) is 5.10 Å². The smallest absolute Gasteiger partial charge is 0.408 e. The van der Waals surface area contributed by atoms with Crippen molar-refractivity contribution in [2.24, 2.45) is 7.05 Å². The summed E-state index contributed by atoms with van der Waals surface area (Å²) in [6, 6.07) is 14.9. The van der Waals surface area contributed by atoms with Crippen LogP contribution < -0.4 is 10.6 Å². The van der Waals surface area contributed by atoms with Gasteiger partial charge in [0.15, 0.2) is 0 Å². The highest BCUT2D eigenvalue weighted by molar-refractivity contribution is 5.97. The fourth-order valence-corrected chi connectivity index (χ4v) is 3.95. The molecule has 1 heterocycles. The third-order valence-electron chi connectivity index (χ3n) is 6.03. The second-order valence-corrected chi connectivity index (χ2v) is 11.0. The largest absolute Gasteiger partial charge is 0.467 e. The molecular weight excluding hydrogens is 524 g/mol. The Hall–Kier alpha value is -4.62. The van der Waals surface area contributed by atoms with E-state index in [1.807, 2.05) is 37.4 Å². The molecule has 2 aromatic carbocycles. The van der Waals surface area contributed by atoms with Crippen LogP contribution in [0.2, 0.25) is 0 Å². The summed E-state index contributed by atoms with van der Waals surface area (Å²) in [6.07, 6.45) is -0.726. The van der Waals surface area contributed by atoms with E-state index in [2.05, 4.69) is 27.6 Å². The van der Waals surface area contributed by atoms with Gasteiger partial charge >= 0.3 is 12.1 Å². The molecular formula is C31H36N4O6. The number of amides is 2. The van der Waals surface area contributed by atoms with Crippen LogP contribution in [0.15, 0.2) is 54.6 Å². The molecule has 3 aromatic rings. The van der Waals surface area contributed by atoms with Crippen molar-refractivity contribution >= 4 is 18.0 Å². The molecule has 1 atom stereocenters. The van der Waals surface area contributed by atoms with Crippen molar-refractivity contribution in [2.75, 3.05) is 7.11 Å². The Labute approximate surface area is 240 Å². The van der Waals surface area contributed by atoms with E-state index in [1.54, 1.807) is 63.6 Å². The number of hydrogen-bond donors (Lipinski definition) is 3. The average molecular weight is 561 g/mol. The van der Waals surface area contributed by atoms with Gasteiger partial charge < -0.3 is 25.2 Å². The molecule has 0 fully saturated rings. The van der Waals surface area contributed by atoms with E-state index in [0.717, 1.165) is 16.8 Å². The molecule has 41 heavy (non-hydrogen) atoms. The number of alkyl carbamates (subject to hydrolysis) is 1. The highest BCUT2D eigenvalue weighted by atomic mass is 16.6. The summed E-state index contributed by atoms with van der Waals surface area (Å²) in [7, 11) is 3.03. The molecule has 10 heteroatoms. The first-order valence-corrected chi connectivity index (χ1v) is 13.0. The van der Waals surface area contributed by atoms with Gasteiger partial charge in [0, 0.05) is 23.7 Å². The van der Waals surface area contributed by atoms with Gasteiger partial charge in [0.2, 0.25) is 0 Å². The van der Waals surface area contributed by atoms with Gasteiger partial charge in [0.25, 0.3) is 5.91 Å². The Morgan fingerprint density at radius 1 is 0.976 bits per heavy atom. The van der Waals surface area contributed by atoms with Crippen molar-refractivity contribution in [3.05, 3.63) is 77.0 Å². The molecule has 1 aromatic heterocycles. The first kappa shape index (κ1) is 30.9. The van der Waals surface area contributed by atoms with Crippen molar-refractivity contribution < 1.29 is 29.0 Å². The van der Waals surface area contributed by atoms with E-state index >= 15 is 0 Å². The molecule has 0 saturated carbocycles. The van der Waals surface area contributed by atoms with Gasteiger partial charge in [-0.15, -0.1) is 0 Å². The Balaban J connectivity index is 1.69. The zero-order valence-corrected chi connectivity index (χ0v) is 24.4. The van der Waals surface area contributed by atoms with Crippen molar-refractivity contribution in [3.8, 4) is 23.1 Å². The van der Waals surface area contributed by atoms with E-state index in [4.69, 9.17) is 9.47 Å². The predicted molar refractivity (Wildman–Crippen MR) is 154 cm³/mol. The van der Waals surface area contributed by atoms with Gasteiger partial charge in [-0.3, -0.25) is 9.48 Å². The third kappa shape index (κ3) is 8.43. The van der Waals surface area contributed by atoms with Crippen molar-refractivity contribution in [1.82, 2.24) is 20.4 Å². The quantitative estimate of drug-likeness (QED) is 0.297. The SMILES string of the molecule is COC(=O)[C@@H](NC(=O)c1ccc(C#Cc2ccc(-c3cc(CO)nn3C)cc2)cc1)C(C)(C)NC(=O)OC(C)(C)C. The minimum atomic E-state index is -1.22. The first-order valence-electron chi connectivity index (χ1n) is 13.0. The Bertz CT molecular complexity index is 1460. The second kappa shape index (κ2) is 12.7. The van der Waals surface area contributed by atoms with E-state index in [-0.39, 0.29) is 6.61 Å². The highest BCUT2D eigenvalue weighted by Gasteiger charge is 2.39. The van der Waals surface area contributed by atoms with E-state index < -0.39 is 35.2 Å². The maximum atomic E-state index is 13.0. The molecule has 0 radical (unpaired) electrons. The molecule has 2 amide bonds. The highest BCUT2D eigenvalue weighted by Crippen LogP contribution is 2.20. The maximum Gasteiger partial charge on any atom is 0.408 e. The summed E-state index contributed by atoms with van der Waals surface area (Å²) in [5.41, 5.74) is 2.30. The molecule has 0 unspecified atom stereocenters. The van der Waals surface area contributed by atoms with Gasteiger partial charge in [0.1, 0.15) is 11.6 Å².